The number of sulfone groups is 1. The molecule has 0 saturated heterocycles. The summed E-state index contributed by atoms with van der Waals surface area (Å²) in [6, 6.07) is 20.2. The van der Waals surface area contributed by atoms with Crippen LogP contribution in [0.25, 0.3) is 0 Å². The molecule has 134 valence electrons. The van der Waals surface area contributed by atoms with Crippen LogP contribution in [0.3, 0.4) is 0 Å². The van der Waals surface area contributed by atoms with E-state index in [1.807, 2.05) is 6.92 Å². The normalized spacial score (nSPS) is 12.5. The number of methoxy groups -OCH3 is 1. The molecule has 0 saturated carbocycles. The molecule has 0 fully saturated rings. The molecule has 3 rings (SSSR count). The Hall–Kier alpha value is -2.79. The van der Waals surface area contributed by atoms with E-state index < -0.39 is 15.1 Å². The van der Waals surface area contributed by atoms with Gasteiger partial charge in [-0.15, -0.1) is 0 Å². The highest BCUT2D eigenvalue weighted by molar-refractivity contribution is 7.92. The predicted octanol–water partition coefficient (Wildman–Crippen LogP) is 4.27. The third kappa shape index (κ3) is 3.30. The predicted molar refractivity (Wildman–Crippen MR) is 101 cm³/mol. The van der Waals surface area contributed by atoms with Crippen LogP contribution in [0.5, 0.6) is 11.5 Å². The van der Waals surface area contributed by atoms with Gasteiger partial charge in [-0.05, 0) is 31.2 Å². The number of rotatable bonds is 5. The highest BCUT2D eigenvalue weighted by atomic mass is 32.2. The van der Waals surface area contributed by atoms with Crippen molar-refractivity contribution in [3.8, 4) is 11.5 Å². The number of ether oxygens (including phenoxy) is 1. The summed E-state index contributed by atoms with van der Waals surface area (Å²) in [6.07, 6.45) is 0. The molecule has 0 aromatic heterocycles. The minimum absolute atomic E-state index is 0.0703. The lowest BCUT2D eigenvalue weighted by Crippen LogP contribution is -2.16. The van der Waals surface area contributed by atoms with Crippen LogP contribution in [0.1, 0.15) is 21.9 Å². The van der Waals surface area contributed by atoms with Gasteiger partial charge in [0.05, 0.1) is 12.0 Å². The molecule has 0 heterocycles. The fraction of sp³-hybridized carbons (Fsp3) is 0.143. The molecule has 0 spiro atoms. The number of aromatic hydroxyl groups is 1. The van der Waals surface area contributed by atoms with Crippen LogP contribution in [0, 0.1) is 6.92 Å². The second kappa shape index (κ2) is 7.22. The van der Waals surface area contributed by atoms with E-state index in [9.17, 15) is 13.5 Å². The largest absolute Gasteiger partial charge is 0.508 e. The molecule has 3 aromatic rings. The zero-order valence-corrected chi connectivity index (χ0v) is 15.4. The lowest BCUT2D eigenvalue weighted by atomic mass is 10.0. The zero-order valence-electron chi connectivity index (χ0n) is 14.6. The number of aryl methyl sites for hydroxylation is 1. The molecule has 0 aliphatic rings. The first-order chi connectivity index (χ1) is 12.4. The number of para-hydroxylation sites is 2. The summed E-state index contributed by atoms with van der Waals surface area (Å²) < 4.78 is 32.4. The van der Waals surface area contributed by atoms with Gasteiger partial charge in [0.15, 0.2) is 9.84 Å². The molecule has 0 aliphatic heterocycles. The smallest absolute Gasteiger partial charge is 0.189 e. The number of phenolic OH excluding ortho intramolecular Hbond substituents is 1. The maximum absolute atomic E-state index is 13.5. The van der Waals surface area contributed by atoms with Crippen molar-refractivity contribution in [3.63, 3.8) is 0 Å². The monoisotopic (exact) mass is 368 g/mol. The molecular formula is C21H20O4S. The fourth-order valence-electron chi connectivity index (χ4n) is 2.96. The van der Waals surface area contributed by atoms with Crippen LogP contribution < -0.4 is 4.74 Å². The molecule has 1 N–H and O–H groups in total. The summed E-state index contributed by atoms with van der Waals surface area (Å²) in [5.74, 6) is 0.385. The van der Waals surface area contributed by atoms with Gasteiger partial charge in [0.1, 0.15) is 16.7 Å². The standard InChI is InChI=1S/C21H20O4S/c1-15-11-13-16(14-12-15)26(23,24)21(17-7-3-5-9-19(17)22)18-8-4-6-10-20(18)25-2/h3-14,21-22H,1-2H3. The molecular weight excluding hydrogens is 348 g/mol. The molecule has 0 amide bonds. The van der Waals surface area contributed by atoms with Gasteiger partial charge >= 0.3 is 0 Å². The van der Waals surface area contributed by atoms with E-state index in [1.54, 1.807) is 66.7 Å². The van der Waals surface area contributed by atoms with Crippen molar-refractivity contribution in [2.45, 2.75) is 17.1 Å². The van der Waals surface area contributed by atoms with Crippen molar-refractivity contribution < 1.29 is 18.3 Å². The third-order valence-corrected chi connectivity index (χ3v) is 6.36. The number of benzene rings is 3. The van der Waals surface area contributed by atoms with E-state index in [2.05, 4.69) is 0 Å². The number of hydrogen-bond donors (Lipinski definition) is 1. The first-order valence-corrected chi connectivity index (χ1v) is 9.71. The minimum atomic E-state index is -3.82. The maximum Gasteiger partial charge on any atom is 0.189 e. The van der Waals surface area contributed by atoms with Gasteiger partial charge in [-0.1, -0.05) is 54.1 Å². The summed E-state index contributed by atoms with van der Waals surface area (Å²) in [7, 11) is -2.32. The Kier molecular flexibility index (Phi) is 5.00. The zero-order chi connectivity index (χ0) is 18.7. The SMILES string of the molecule is COc1ccccc1C(c1ccccc1O)S(=O)(=O)c1ccc(C)cc1. The molecule has 0 aliphatic carbocycles. The molecule has 5 heteroatoms. The van der Waals surface area contributed by atoms with Crippen LogP contribution in [-0.4, -0.2) is 20.6 Å². The molecule has 0 radical (unpaired) electrons. The number of phenols is 1. The average Bonchev–Trinajstić information content (AvgIpc) is 2.64. The second-order valence-corrected chi connectivity index (χ2v) is 8.07. The minimum Gasteiger partial charge on any atom is -0.508 e. The maximum atomic E-state index is 13.5. The Morgan fingerprint density at radius 3 is 2.04 bits per heavy atom. The van der Waals surface area contributed by atoms with E-state index in [-0.39, 0.29) is 10.6 Å². The lowest BCUT2D eigenvalue weighted by molar-refractivity contribution is 0.409. The van der Waals surface area contributed by atoms with Crippen molar-refractivity contribution in [2.75, 3.05) is 7.11 Å². The van der Waals surface area contributed by atoms with Crippen LogP contribution in [0.4, 0.5) is 0 Å². The first kappa shape index (κ1) is 18.0. The molecule has 0 bridgehead atoms. The van der Waals surface area contributed by atoms with Crippen molar-refractivity contribution in [3.05, 3.63) is 89.5 Å². The molecule has 3 aromatic carbocycles. The van der Waals surface area contributed by atoms with Crippen molar-refractivity contribution >= 4 is 9.84 Å². The Bertz CT molecular complexity index is 1010. The average molecular weight is 368 g/mol. The van der Waals surface area contributed by atoms with E-state index in [4.69, 9.17) is 4.74 Å². The molecule has 1 atom stereocenters. The van der Waals surface area contributed by atoms with Crippen molar-refractivity contribution in [2.24, 2.45) is 0 Å². The lowest BCUT2D eigenvalue weighted by Gasteiger charge is -2.22. The van der Waals surface area contributed by atoms with E-state index in [0.717, 1.165) is 5.56 Å². The topological polar surface area (TPSA) is 63.6 Å². The van der Waals surface area contributed by atoms with Gasteiger partial charge in [-0.25, -0.2) is 8.42 Å². The Balaban J connectivity index is 2.28. The first-order valence-electron chi connectivity index (χ1n) is 8.16. The summed E-state index contributed by atoms with van der Waals surface area (Å²) in [4.78, 5) is 0.197. The van der Waals surface area contributed by atoms with Crippen molar-refractivity contribution in [1.82, 2.24) is 0 Å². The quantitative estimate of drug-likeness (QED) is 0.730. The van der Waals surface area contributed by atoms with Gasteiger partial charge in [0.25, 0.3) is 0 Å². The highest BCUT2D eigenvalue weighted by Gasteiger charge is 2.34. The van der Waals surface area contributed by atoms with E-state index in [1.165, 1.54) is 13.2 Å². The third-order valence-electron chi connectivity index (χ3n) is 4.30. The van der Waals surface area contributed by atoms with Crippen molar-refractivity contribution in [1.29, 1.82) is 0 Å². The highest BCUT2D eigenvalue weighted by Crippen LogP contribution is 2.42. The van der Waals surface area contributed by atoms with Gasteiger partial charge in [-0.2, -0.15) is 0 Å². The molecule has 1 unspecified atom stereocenters. The summed E-state index contributed by atoms with van der Waals surface area (Å²) in [5, 5.41) is 9.27. The van der Waals surface area contributed by atoms with Gasteiger partial charge in [-0.3, -0.25) is 0 Å². The summed E-state index contributed by atoms with van der Waals surface area (Å²) in [5.41, 5.74) is 1.77. The fourth-order valence-corrected chi connectivity index (χ4v) is 4.81. The van der Waals surface area contributed by atoms with Crippen LogP contribution in [-0.2, 0) is 9.84 Å². The summed E-state index contributed by atoms with van der Waals surface area (Å²) in [6.45, 7) is 1.90. The van der Waals surface area contributed by atoms with Gasteiger partial charge < -0.3 is 9.84 Å². The van der Waals surface area contributed by atoms with Crippen LogP contribution >= 0.6 is 0 Å². The van der Waals surface area contributed by atoms with Crippen LogP contribution in [0.15, 0.2) is 77.7 Å². The molecule has 26 heavy (non-hydrogen) atoms. The van der Waals surface area contributed by atoms with E-state index >= 15 is 0 Å². The Labute approximate surface area is 153 Å². The number of hydrogen-bond acceptors (Lipinski definition) is 4. The summed E-state index contributed by atoms with van der Waals surface area (Å²) >= 11 is 0. The second-order valence-electron chi connectivity index (χ2n) is 6.04. The van der Waals surface area contributed by atoms with Crippen LogP contribution in [0.2, 0.25) is 0 Å². The Morgan fingerprint density at radius 2 is 1.42 bits per heavy atom. The van der Waals surface area contributed by atoms with E-state index in [0.29, 0.717) is 16.9 Å². The van der Waals surface area contributed by atoms with Gasteiger partial charge in [0.2, 0.25) is 0 Å². The Morgan fingerprint density at radius 1 is 0.846 bits per heavy atom. The molecule has 4 nitrogen and oxygen atoms in total. The van der Waals surface area contributed by atoms with Gasteiger partial charge in [0, 0.05) is 11.1 Å².